The number of nitrogens with zero attached hydrogens (tertiary/aromatic N) is 1. The lowest BCUT2D eigenvalue weighted by molar-refractivity contribution is -0.147. The molecule has 1 amide bonds. The van der Waals surface area contributed by atoms with E-state index in [0.717, 1.165) is 6.07 Å². The highest BCUT2D eigenvalue weighted by molar-refractivity contribution is 5.82. The van der Waals surface area contributed by atoms with Crippen molar-refractivity contribution in [3.63, 3.8) is 0 Å². The zero-order chi connectivity index (χ0) is 16.5. The fourth-order valence-corrected chi connectivity index (χ4v) is 2.57. The summed E-state index contributed by atoms with van der Waals surface area (Å²) in [7, 11) is 0. The third-order valence-corrected chi connectivity index (χ3v) is 4.01. The van der Waals surface area contributed by atoms with Crippen molar-refractivity contribution in [1.29, 1.82) is 0 Å². The molecule has 1 heterocycles. The van der Waals surface area contributed by atoms with Crippen LogP contribution in [0.3, 0.4) is 0 Å². The Morgan fingerprint density at radius 3 is 2.50 bits per heavy atom. The number of carboxylic acid groups (broad SMARTS) is 1. The van der Waals surface area contributed by atoms with Crippen molar-refractivity contribution in [3.05, 3.63) is 35.4 Å². The minimum absolute atomic E-state index is 0.0232. The number of hydrogen-bond donors (Lipinski definition) is 1. The summed E-state index contributed by atoms with van der Waals surface area (Å²) in [6.07, 6.45) is -4.60. The lowest BCUT2D eigenvalue weighted by Gasteiger charge is -2.21. The van der Waals surface area contributed by atoms with Gasteiger partial charge in [0.25, 0.3) is 0 Å². The maximum absolute atomic E-state index is 12.9. The molecule has 1 aromatic carbocycles. The first kappa shape index (κ1) is 16.3. The predicted molar refractivity (Wildman–Crippen MR) is 72.1 cm³/mol. The number of hydrogen-bond acceptors (Lipinski definition) is 2. The first-order chi connectivity index (χ1) is 10.1. The highest BCUT2D eigenvalue weighted by Gasteiger charge is 2.42. The van der Waals surface area contributed by atoms with Crippen LogP contribution in [0.1, 0.15) is 24.5 Å². The molecule has 22 heavy (non-hydrogen) atoms. The molecule has 0 unspecified atom stereocenters. The van der Waals surface area contributed by atoms with Crippen molar-refractivity contribution in [1.82, 2.24) is 4.90 Å². The van der Waals surface area contributed by atoms with Crippen molar-refractivity contribution in [2.75, 3.05) is 13.1 Å². The minimum Gasteiger partial charge on any atom is -0.481 e. The predicted octanol–water partition coefficient (Wildman–Crippen LogP) is 2.57. The van der Waals surface area contributed by atoms with Crippen molar-refractivity contribution in [2.24, 2.45) is 5.41 Å². The van der Waals surface area contributed by atoms with E-state index in [4.69, 9.17) is 5.11 Å². The lowest BCUT2D eigenvalue weighted by Crippen LogP contribution is -2.35. The number of benzene rings is 1. The van der Waals surface area contributed by atoms with Crippen molar-refractivity contribution >= 4 is 11.9 Å². The molecule has 0 saturated carbocycles. The summed E-state index contributed by atoms with van der Waals surface area (Å²) < 4.78 is 38.7. The fourth-order valence-electron chi connectivity index (χ4n) is 2.57. The average Bonchev–Trinajstić information content (AvgIpc) is 2.82. The van der Waals surface area contributed by atoms with Crippen LogP contribution in [0.2, 0.25) is 0 Å². The van der Waals surface area contributed by atoms with E-state index in [0.29, 0.717) is 6.42 Å². The number of likely N-dealkylation sites (tertiary alicyclic amines) is 1. The number of aliphatic carboxylic acids is 1. The number of carbonyl (C=O) groups is 2. The van der Waals surface area contributed by atoms with Gasteiger partial charge in [-0.25, -0.2) is 0 Å². The summed E-state index contributed by atoms with van der Waals surface area (Å²) in [4.78, 5) is 24.6. The fraction of sp³-hybridized carbons (Fsp3) is 0.467. The van der Waals surface area contributed by atoms with Gasteiger partial charge in [0.2, 0.25) is 5.91 Å². The van der Waals surface area contributed by atoms with Crippen molar-refractivity contribution in [2.45, 2.75) is 25.9 Å². The van der Waals surface area contributed by atoms with Gasteiger partial charge in [0, 0.05) is 13.1 Å². The number of rotatable bonds is 3. The van der Waals surface area contributed by atoms with Crippen LogP contribution in [0.15, 0.2) is 24.3 Å². The zero-order valence-electron chi connectivity index (χ0n) is 12.0. The van der Waals surface area contributed by atoms with Crippen LogP contribution in [0.25, 0.3) is 0 Å². The third kappa shape index (κ3) is 3.23. The SMILES string of the molecule is C[C@]1(C(=O)O)CCN(C(=O)Cc2ccccc2C(F)(F)F)C1. The average molecular weight is 315 g/mol. The number of halogens is 3. The van der Waals surface area contributed by atoms with Crippen molar-refractivity contribution < 1.29 is 27.9 Å². The molecule has 7 heteroatoms. The Hall–Kier alpha value is -2.05. The second-order valence-electron chi connectivity index (χ2n) is 5.76. The number of alkyl halides is 3. The summed E-state index contributed by atoms with van der Waals surface area (Å²) in [6.45, 7) is 1.80. The Labute approximate surface area is 125 Å². The highest BCUT2D eigenvalue weighted by Crippen LogP contribution is 2.33. The second kappa shape index (κ2) is 5.62. The first-order valence-electron chi connectivity index (χ1n) is 6.80. The Balaban J connectivity index is 2.13. The molecular weight excluding hydrogens is 299 g/mol. The monoisotopic (exact) mass is 315 g/mol. The van der Waals surface area contributed by atoms with Gasteiger partial charge < -0.3 is 10.0 Å². The Morgan fingerprint density at radius 1 is 1.32 bits per heavy atom. The number of amides is 1. The third-order valence-electron chi connectivity index (χ3n) is 4.01. The van der Waals surface area contributed by atoms with E-state index in [1.807, 2.05) is 0 Å². The molecule has 4 nitrogen and oxygen atoms in total. The largest absolute Gasteiger partial charge is 0.481 e. The van der Waals surface area contributed by atoms with E-state index in [-0.39, 0.29) is 25.1 Å². The first-order valence-corrected chi connectivity index (χ1v) is 6.80. The minimum atomic E-state index is -4.52. The van der Waals surface area contributed by atoms with Gasteiger partial charge in [-0.15, -0.1) is 0 Å². The molecule has 0 spiro atoms. The number of carbonyl (C=O) groups excluding carboxylic acids is 1. The Bertz CT molecular complexity index is 600. The van der Waals surface area contributed by atoms with Crippen LogP contribution in [0.4, 0.5) is 13.2 Å². The highest BCUT2D eigenvalue weighted by atomic mass is 19.4. The molecule has 1 aromatic rings. The molecule has 120 valence electrons. The summed E-state index contributed by atoms with van der Waals surface area (Å²) in [5.41, 5.74) is -1.95. The van der Waals surface area contributed by atoms with Gasteiger partial charge in [-0.2, -0.15) is 13.2 Å². The summed E-state index contributed by atoms with van der Waals surface area (Å²) in [5.74, 6) is -1.49. The molecule has 1 saturated heterocycles. The van der Waals surface area contributed by atoms with Gasteiger partial charge in [-0.05, 0) is 25.0 Å². The zero-order valence-corrected chi connectivity index (χ0v) is 12.0. The van der Waals surface area contributed by atoms with E-state index < -0.39 is 29.0 Å². The van der Waals surface area contributed by atoms with E-state index >= 15 is 0 Å². The topological polar surface area (TPSA) is 57.6 Å². The summed E-state index contributed by atoms with van der Waals surface area (Å²) in [6, 6.07) is 4.93. The number of carboxylic acids is 1. The summed E-state index contributed by atoms with van der Waals surface area (Å²) >= 11 is 0. The van der Waals surface area contributed by atoms with Gasteiger partial charge >= 0.3 is 12.1 Å². The van der Waals surface area contributed by atoms with Crippen LogP contribution in [0, 0.1) is 5.41 Å². The summed E-state index contributed by atoms with van der Waals surface area (Å²) in [5, 5.41) is 9.13. The molecule has 1 fully saturated rings. The van der Waals surface area contributed by atoms with Crippen LogP contribution in [-0.2, 0) is 22.2 Å². The van der Waals surface area contributed by atoms with E-state index in [9.17, 15) is 22.8 Å². The molecular formula is C15H16F3NO3. The second-order valence-corrected chi connectivity index (χ2v) is 5.76. The molecule has 0 aliphatic carbocycles. The van der Waals surface area contributed by atoms with Gasteiger partial charge in [0.15, 0.2) is 0 Å². The molecule has 0 aromatic heterocycles. The lowest BCUT2D eigenvalue weighted by atomic mass is 9.90. The molecule has 1 aliphatic heterocycles. The van der Waals surface area contributed by atoms with E-state index in [1.165, 1.54) is 30.0 Å². The van der Waals surface area contributed by atoms with Crippen LogP contribution in [0.5, 0.6) is 0 Å². The van der Waals surface area contributed by atoms with Crippen LogP contribution < -0.4 is 0 Å². The van der Waals surface area contributed by atoms with Gasteiger partial charge in [-0.1, -0.05) is 18.2 Å². The molecule has 2 rings (SSSR count). The molecule has 0 radical (unpaired) electrons. The Kier molecular flexibility index (Phi) is 4.17. The van der Waals surface area contributed by atoms with Crippen molar-refractivity contribution in [3.8, 4) is 0 Å². The molecule has 0 bridgehead atoms. The van der Waals surface area contributed by atoms with Gasteiger partial charge in [0.05, 0.1) is 17.4 Å². The molecule has 1 atom stereocenters. The Morgan fingerprint density at radius 2 is 1.95 bits per heavy atom. The van der Waals surface area contributed by atoms with Gasteiger partial charge in [0.1, 0.15) is 0 Å². The van der Waals surface area contributed by atoms with Crippen LogP contribution in [-0.4, -0.2) is 35.0 Å². The maximum Gasteiger partial charge on any atom is 0.416 e. The van der Waals surface area contributed by atoms with E-state index in [2.05, 4.69) is 0 Å². The quantitative estimate of drug-likeness (QED) is 0.932. The molecule has 1 aliphatic rings. The van der Waals surface area contributed by atoms with E-state index in [1.54, 1.807) is 0 Å². The standard InChI is InChI=1S/C15H16F3NO3/c1-14(13(21)22)6-7-19(9-14)12(20)8-10-4-2-3-5-11(10)15(16,17)18/h2-5H,6-9H2,1H3,(H,21,22)/t14-/m0/s1. The molecule has 1 N–H and O–H groups in total. The van der Waals surface area contributed by atoms with Gasteiger partial charge in [-0.3, -0.25) is 9.59 Å². The normalized spacial score (nSPS) is 21.9. The smallest absolute Gasteiger partial charge is 0.416 e. The van der Waals surface area contributed by atoms with Crippen LogP contribution >= 0.6 is 0 Å². The maximum atomic E-state index is 12.9.